The van der Waals surface area contributed by atoms with Crippen molar-refractivity contribution >= 4 is 17.7 Å². The van der Waals surface area contributed by atoms with E-state index >= 15 is 0 Å². The van der Waals surface area contributed by atoms with Crippen molar-refractivity contribution < 1.29 is 19.2 Å². The molecule has 7 nitrogen and oxygen atoms in total. The van der Waals surface area contributed by atoms with Gasteiger partial charge in [-0.1, -0.05) is 18.5 Å². The summed E-state index contributed by atoms with van der Waals surface area (Å²) in [4.78, 5) is 22.8. The average Bonchev–Trinajstić information content (AvgIpc) is 2.72. The van der Waals surface area contributed by atoms with Crippen molar-refractivity contribution in [2.45, 2.75) is 39.2 Å². The van der Waals surface area contributed by atoms with E-state index in [0.717, 1.165) is 0 Å². The molecule has 0 saturated heterocycles. The van der Waals surface area contributed by atoms with E-state index < -0.39 is 11.5 Å². The molecule has 0 saturated carbocycles. The van der Waals surface area contributed by atoms with E-state index in [9.17, 15) is 9.59 Å². The van der Waals surface area contributed by atoms with Crippen molar-refractivity contribution in [3.05, 3.63) is 11.8 Å². The van der Waals surface area contributed by atoms with E-state index in [1.54, 1.807) is 19.9 Å². The van der Waals surface area contributed by atoms with Crippen LogP contribution in [0.1, 0.15) is 32.4 Å². The molecule has 1 aromatic rings. The van der Waals surface area contributed by atoms with Crippen LogP contribution < -0.4 is 10.6 Å². The summed E-state index contributed by atoms with van der Waals surface area (Å²) in [6.45, 7) is 5.06. The molecule has 1 unspecified atom stereocenters. The van der Waals surface area contributed by atoms with Gasteiger partial charge in [-0.3, -0.25) is 14.9 Å². The van der Waals surface area contributed by atoms with Crippen LogP contribution in [0.25, 0.3) is 0 Å². The monoisotopic (exact) mass is 269 g/mol. The van der Waals surface area contributed by atoms with E-state index in [1.165, 1.54) is 0 Å². The van der Waals surface area contributed by atoms with Crippen LogP contribution in [0.4, 0.5) is 5.82 Å². The minimum atomic E-state index is -1.11. The molecule has 0 aromatic carbocycles. The van der Waals surface area contributed by atoms with Crippen molar-refractivity contribution in [1.82, 2.24) is 10.5 Å². The maximum absolute atomic E-state index is 11.6. The van der Waals surface area contributed by atoms with Crippen molar-refractivity contribution in [2.75, 3.05) is 11.9 Å². The normalized spacial score (nSPS) is 13.8. The van der Waals surface area contributed by atoms with E-state index in [2.05, 4.69) is 15.8 Å². The zero-order chi connectivity index (χ0) is 14.5. The van der Waals surface area contributed by atoms with Gasteiger partial charge in [0.2, 0.25) is 5.91 Å². The Morgan fingerprint density at radius 1 is 1.53 bits per heavy atom. The number of carbonyl (C=O) groups excluding carboxylic acids is 1. The van der Waals surface area contributed by atoms with Crippen LogP contribution in [0.2, 0.25) is 0 Å². The summed E-state index contributed by atoms with van der Waals surface area (Å²) in [5.41, 5.74) is -1.11. The number of aliphatic carboxylic acids is 1. The van der Waals surface area contributed by atoms with Gasteiger partial charge in [0.15, 0.2) is 5.82 Å². The second-order valence-electron chi connectivity index (χ2n) is 4.61. The highest BCUT2D eigenvalue weighted by Crippen LogP contribution is 2.12. The van der Waals surface area contributed by atoms with Gasteiger partial charge in [-0.2, -0.15) is 0 Å². The molecule has 19 heavy (non-hydrogen) atoms. The fourth-order valence-corrected chi connectivity index (χ4v) is 1.66. The lowest BCUT2D eigenvalue weighted by atomic mass is 9.96. The number of aryl methyl sites for hydroxylation is 1. The summed E-state index contributed by atoms with van der Waals surface area (Å²) < 4.78 is 4.81. The zero-order valence-electron chi connectivity index (χ0n) is 11.3. The Labute approximate surface area is 111 Å². The van der Waals surface area contributed by atoms with Gasteiger partial charge in [0.25, 0.3) is 0 Å². The molecule has 7 heteroatoms. The third-order valence-corrected chi connectivity index (χ3v) is 2.76. The summed E-state index contributed by atoms with van der Waals surface area (Å²) in [5, 5.41) is 18.0. The Balaban J connectivity index is 2.50. The highest BCUT2D eigenvalue weighted by Gasteiger charge is 2.31. The SMILES string of the molecule is CCCC(C)(NCC(=O)Nc1cc(C)on1)C(=O)O. The predicted molar refractivity (Wildman–Crippen MR) is 68.8 cm³/mol. The number of nitrogens with one attached hydrogen (secondary N) is 2. The van der Waals surface area contributed by atoms with Gasteiger partial charge in [0, 0.05) is 6.07 Å². The van der Waals surface area contributed by atoms with Crippen LogP contribution in [0.15, 0.2) is 10.6 Å². The molecule has 106 valence electrons. The number of aromatic nitrogens is 1. The first-order valence-corrected chi connectivity index (χ1v) is 6.09. The van der Waals surface area contributed by atoms with Crippen LogP contribution in [0.3, 0.4) is 0 Å². The maximum atomic E-state index is 11.6. The van der Waals surface area contributed by atoms with E-state index in [4.69, 9.17) is 9.63 Å². The Morgan fingerprint density at radius 3 is 2.68 bits per heavy atom. The lowest BCUT2D eigenvalue weighted by molar-refractivity contribution is -0.144. The Kier molecular flexibility index (Phi) is 5.05. The molecular weight excluding hydrogens is 250 g/mol. The fraction of sp³-hybridized carbons (Fsp3) is 0.583. The molecule has 1 rings (SSSR count). The highest BCUT2D eigenvalue weighted by atomic mass is 16.5. The molecule has 0 fully saturated rings. The Bertz CT molecular complexity index is 458. The molecule has 1 atom stereocenters. The Hall–Kier alpha value is -1.89. The van der Waals surface area contributed by atoms with Gasteiger partial charge in [-0.05, 0) is 20.3 Å². The number of hydrogen-bond acceptors (Lipinski definition) is 5. The number of amides is 1. The molecule has 0 spiro atoms. The lowest BCUT2D eigenvalue weighted by Crippen LogP contribution is -2.51. The summed E-state index contributed by atoms with van der Waals surface area (Å²) in [7, 11) is 0. The molecule has 0 aliphatic carbocycles. The van der Waals surface area contributed by atoms with E-state index in [0.29, 0.717) is 24.4 Å². The predicted octanol–water partition coefficient (Wildman–Crippen LogP) is 1.15. The first-order valence-electron chi connectivity index (χ1n) is 6.09. The smallest absolute Gasteiger partial charge is 0.323 e. The molecule has 0 aliphatic rings. The average molecular weight is 269 g/mol. The quantitative estimate of drug-likeness (QED) is 0.686. The summed E-state index contributed by atoms with van der Waals surface area (Å²) >= 11 is 0. The number of anilines is 1. The van der Waals surface area contributed by atoms with Crippen LogP contribution in [-0.2, 0) is 9.59 Å². The van der Waals surface area contributed by atoms with Crippen molar-refractivity contribution in [2.24, 2.45) is 0 Å². The first kappa shape index (κ1) is 15.2. The number of carboxylic acids is 1. The maximum Gasteiger partial charge on any atom is 0.323 e. The molecule has 1 amide bonds. The Morgan fingerprint density at radius 2 is 2.21 bits per heavy atom. The lowest BCUT2D eigenvalue weighted by Gasteiger charge is -2.25. The molecule has 0 radical (unpaired) electrons. The van der Waals surface area contributed by atoms with Crippen LogP contribution in [0, 0.1) is 6.92 Å². The topological polar surface area (TPSA) is 104 Å². The van der Waals surface area contributed by atoms with Crippen molar-refractivity contribution in [3.8, 4) is 0 Å². The van der Waals surface area contributed by atoms with E-state index in [-0.39, 0.29) is 12.5 Å². The highest BCUT2D eigenvalue weighted by molar-refractivity contribution is 5.92. The van der Waals surface area contributed by atoms with Gasteiger partial charge in [0.05, 0.1) is 6.54 Å². The number of carboxylic acid groups (broad SMARTS) is 1. The standard InChI is InChI=1S/C12H19N3O4/c1-4-5-12(3,11(17)18)13-7-10(16)14-9-6-8(2)19-15-9/h6,13H,4-5,7H2,1-3H3,(H,17,18)(H,14,15,16). The number of carbonyl (C=O) groups is 2. The largest absolute Gasteiger partial charge is 0.480 e. The van der Waals surface area contributed by atoms with Crippen molar-refractivity contribution in [3.63, 3.8) is 0 Å². The third kappa shape index (κ3) is 4.36. The van der Waals surface area contributed by atoms with Gasteiger partial charge in [-0.15, -0.1) is 0 Å². The number of rotatable bonds is 7. The molecule has 1 heterocycles. The number of nitrogens with zero attached hydrogens (tertiary/aromatic N) is 1. The molecular formula is C12H19N3O4. The van der Waals surface area contributed by atoms with Gasteiger partial charge < -0.3 is 14.9 Å². The number of hydrogen-bond donors (Lipinski definition) is 3. The molecule has 0 bridgehead atoms. The minimum absolute atomic E-state index is 0.102. The van der Waals surface area contributed by atoms with Crippen LogP contribution >= 0.6 is 0 Å². The fourth-order valence-electron chi connectivity index (χ4n) is 1.66. The third-order valence-electron chi connectivity index (χ3n) is 2.76. The van der Waals surface area contributed by atoms with Gasteiger partial charge in [-0.25, -0.2) is 0 Å². The van der Waals surface area contributed by atoms with Crippen LogP contribution in [-0.4, -0.2) is 34.2 Å². The molecule has 1 aromatic heterocycles. The minimum Gasteiger partial charge on any atom is -0.480 e. The summed E-state index contributed by atoms with van der Waals surface area (Å²) in [5.74, 6) is -0.433. The second kappa shape index (κ2) is 6.33. The second-order valence-corrected chi connectivity index (χ2v) is 4.61. The van der Waals surface area contributed by atoms with Crippen LogP contribution in [0.5, 0.6) is 0 Å². The van der Waals surface area contributed by atoms with Crippen molar-refractivity contribution in [1.29, 1.82) is 0 Å². The van der Waals surface area contributed by atoms with Gasteiger partial charge in [0.1, 0.15) is 11.3 Å². The first-order chi connectivity index (χ1) is 8.87. The van der Waals surface area contributed by atoms with E-state index in [1.807, 2.05) is 6.92 Å². The summed E-state index contributed by atoms with van der Waals surface area (Å²) in [6.07, 6.45) is 1.15. The van der Waals surface area contributed by atoms with Gasteiger partial charge >= 0.3 is 5.97 Å². The summed E-state index contributed by atoms with van der Waals surface area (Å²) in [6, 6.07) is 1.58. The molecule has 0 aliphatic heterocycles. The molecule has 3 N–H and O–H groups in total. The zero-order valence-corrected chi connectivity index (χ0v) is 11.3.